The highest BCUT2D eigenvalue weighted by atomic mass is 33.1. The van der Waals surface area contributed by atoms with E-state index < -0.39 is 77.0 Å². The molecule has 8 rings (SSSR count). The number of ether oxygens (including phenoxy) is 4. The maximum absolute atomic E-state index is 13.4. The summed E-state index contributed by atoms with van der Waals surface area (Å²) in [5.41, 5.74) is -5.80. The van der Waals surface area contributed by atoms with Gasteiger partial charge in [0.15, 0.2) is 16.9 Å². The smallest absolute Gasteiger partial charge is 0.306 e. The molecule has 2 aromatic rings. The molecule has 0 unspecified atom stereocenters. The Morgan fingerprint density at radius 3 is 2.67 bits per heavy atom. The van der Waals surface area contributed by atoms with Gasteiger partial charge >= 0.3 is 5.97 Å². The molecule has 0 amide bonds. The number of fused-ring (bicyclic) bond motifs is 11. The van der Waals surface area contributed by atoms with Gasteiger partial charge in [-0.05, 0) is 62.3 Å². The summed E-state index contributed by atoms with van der Waals surface area (Å²) in [5, 5.41) is 75.9. The highest BCUT2D eigenvalue weighted by Gasteiger charge is 2.83. The summed E-state index contributed by atoms with van der Waals surface area (Å²) in [4.78, 5) is 12.7. The Morgan fingerprint density at radius 1 is 1.09 bits per heavy atom. The number of aryl methyl sites for hydroxylation is 1. The molecule has 3 aliphatic heterocycles. The highest BCUT2D eigenvalue weighted by molar-refractivity contribution is 8.77. The number of esters is 1. The van der Waals surface area contributed by atoms with E-state index in [1.54, 1.807) is 48.1 Å². The van der Waals surface area contributed by atoms with Gasteiger partial charge in [0.1, 0.15) is 23.9 Å². The number of hydrogen-bond acceptors (Lipinski definition) is 15. The third kappa shape index (κ3) is 5.79. The van der Waals surface area contributed by atoms with Gasteiger partial charge in [0.05, 0.1) is 30.8 Å². The van der Waals surface area contributed by atoms with Crippen molar-refractivity contribution < 1.29 is 58.8 Å². The van der Waals surface area contributed by atoms with E-state index in [2.05, 4.69) is 5.32 Å². The van der Waals surface area contributed by atoms with Gasteiger partial charge in [-0.25, -0.2) is 0 Å². The molecule has 54 heavy (non-hydrogen) atoms. The van der Waals surface area contributed by atoms with Gasteiger partial charge in [-0.2, -0.15) is 0 Å². The van der Waals surface area contributed by atoms with Crippen LogP contribution in [0.3, 0.4) is 0 Å². The number of carbonyl (C=O) groups excluding carboxylic acids is 1. The van der Waals surface area contributed by atoms with Crippen molar-refractivity contribution in [3.8, 4) is 11.5 Å². The van der Waals surface area contributed by atoms with E-state index in [-0.39, 0.29) is 48.7 Å². The van der Waals surface area contributed by atoms with Crippen molar-refractivity contribution in [2.45, 2.75) is 103 Å². The van der Waals surface area contributed by atoms with Crippen LogP contribution in [-0.2, 0) is 20.7 Å². The number of allylic oxidation sites excluding steroid dienone is 1. The Kier molecular flexibility index (Phi) is 10.4. The van der Waals surface area contributed by atoms with E-state index in [9.17, 15) is 35.4 Å². The molecule has 0 radical (unpaired) electrons. The number of aliphatic hydroxyl groups is 6. The summed E-state index contributed by atoms with van der Waals surface area (Å²) in [6, 6.07) is 3.56. The third-order valence-corrected chi connectivity index (χ3v) is 16.5. The number of hydrogen-bond donors (Lipinski definition) is 7. The largest absolute Gasteiger partial charge is 0.485 e. The molecule has 13 nitrogen and oxygen atoms in total. The predicted octanol–water partition coefficient (Wildman–Crippen LogP) is 2.77. The topological polar surface area (TPSA) is 201 Å². The standard InChI is InChI=1S/C39H51NO12S2/c1-2-48-29(44)9-7-23-18-24-11-16-49-31(24)33-32(23)51-38-14-10-28(53-54-35(12-4-3-5-13-35)21-40-15-17-50-33)37(22-42,52-38)36(46)19-25-6-8-27(43)26(20-41)30(25)39(38,47)34(36)45/h6,8,10-11,14,16,18,25-28,30,34,40-43,45-47H,2-5,7,9,12-13,15,17,19-22H2,1H3/t25-,26+,27+,28-,30+,34+,36+,37+,38-,39-/m1/s1. The first-order valence-corrected chi connectivity index (χ1v) is 21.4. The SMILES string of the molecule is CCOC(=O)CCc1cc2ccoc2c2c1O[C@]13C=C[C@@H](SSC4(CCCCC4)CNCCO2)[C@](CO)(O1)[C@]1(O)C[C@H]2C=C[C@H](O)[C@H](CO)[C@H]2[C@@]3(O)[C@H]1O. The van der Waals surface area contributed by atoms with E-state index in [0.29, 0.717) is 29.6 Å². The third-order valence-electron chi connectivity index (χ3n) is 12.8. The van der Waals surface area contributed by atoms with Crippen LogP contribution < -0.4 is 14.8 Å². The second-order valence-electron chi connectivity index (χ2n) is 15.8. The Bertz CT molecular complexity index is 1780. The fourth-order valence-corrected chi connectivity index (χ4v) is 13.9. The first-order chi connectivity index (χ1) is 26.0. The van der Waals surface area contributed by atoms with Gasteiger partial charge in [-0.15, -0.1) is 0 Å². The molecule has 2 saturated carbocycles. The molecule has 4 heterocycles. The molecule has 15 heteroatoms. The van der Waals surface area contributed by atoms with Crippen molar-refractivity contribution in [1.82, 2.24) is 5.32 Å². The lowest BCUT2D eigenvalue weighted by Gasteiger charge is -2.71. The van der Waals surface area contributed by atoms with Crippen molar-refractivity contribution in [1.29, 1.82) is 0 Å². The highest BCUT2D eigenvalue weighted by Crippen LogP contribution is 2.67. The van der Waals surface area contributed by atoms with Crippen LogP contribution in [0.25, 0.3) is 11.0 Å². The zero-order valence-corrected chi connectivity index (χ0v) is 32.0. The van der Waals surface area contributed by atoms with Crippen molar-refractivity contribution >= 4 is 38.5 Å². The molecule has 6 aliphatic rings. The minimum absolute atomic E-state index is 0.0161. The molecule has 296 valence electrons. The van der Waals surface area contributed by atoms with Crippen LogP contribution in [0.2, 0.25) is 0 Å². The van der Waals surface area contributed by atoms with Crippen molar-refractivity contribution in [3.63, 3.8) is 0 Å². The Balaban J connectivity index is 1.36. The summed E-state index contributed by atoms with van der Waals surface area (Å²) in [6.07, 6.45) is 10.1. The quantitative estimate of drug-likeness (QED) is 0.128. The van der Waals surface area contributed by atoms with E-state index in [1.807, 2.05) is 0 Å². The zero-order valence-electron chi connectivity index (χ0n) is 30.4. The number of nitrogens with one attached hydrogen (secondary N) is 1. The van der Waals surface area contributed by atoms with Crippen LogP contribution in [0.5, 0.6) is 11.5 Å². The minimum Gasteiger partial charge on any atom is -0.485 e. The van der Waals surface area contributed by atoms with Crippen LogP contribution in [0.1, 0.15) is 57.4 Å². The average Bonchev–Trinajstić information content (AvgIpc) is 3.64. The molecule has 3 aliphatic carbocycles. The molecule has 2 spiro atoms. The van der Waals surface area contributed by atoms with Gasteiger partial charge in [0.25, 0.3) is 5.79 Å². The fraction of sp³-hybridized carbons (Fsp3) is 0.667. The molecule has 5 bridgehead atoms. The first kappa shape index (κ1) is 38.6. The summed E-state index contributed by atoms with van der Waals surface area (Å²) >= 11 is 0. The molecule has 1 aromatic carbocycles. The monoisotopic (exact) mass is 789 g/mol. The first-order valence-electron chi connectivity index (χ1n) is 19.2. The van der Waals surface area contributed by atoms with Gasteiger partial charge in [0.2, 0.25) is 5.75 Å². The second kappa shape index (κ2) is 14.6. The van der Waals surface area contributed by atoms with Crippen molar-refractivity contribution in [2.24, 2.45) is 17.8 Å². The lowest BCUT2D eigenvalue weighted by molar-refractivity contribution is -0.450. The number of rotatable bonds is 6. The summed E-state index contributed by atoms with van der Waals surface area (Å²) in [7, 11) is 3.16. The number of benzene rings is 1. The molecule has 1 saturated heterocycles. The molecule has 7 N–H and O–H groups in total. The zero-order chi connectivity index (χ0) is 37.9. The van der Waals surface area contributed by atoms with Gasteiger partial charge in [-0.1, -0.05) is 59.1 Å². The van der Waals surface area contributed by atoms with Crippen LogP contribution in [0.15, 0.2) is 47.1 Å². The van der Waals surface area contributed by atoms with E-state index >= 15 is 0 Å². The maximum atomic E-state index is 13.4. The maximum Gasteiger partial charge on any atom is 0.306 e. The fourth-order valence-electron chi connectivity index (χ4n) is 10.1. The Morgan fingerprint density at radius 2 is 1.91 bits per heavy atom. The van der Waals surface area contributed by atoms with Crippen LogP contribution in [0, 0.1) is 17.8 Å². The number of aliphatic hydroxyl groups excluding tert-OH is 4. The number of furan rings is 1. The predicted molar refractivity (Wildman–Crippen MR) is 201 cm³/mol. The van der Waals surface area contributed by atoms with Crippen molar-refractivity contribution in [2.75, 3.05) is 39.5 Å². The molecule has 1 aromatic heterocycles. The van der Waals surface area contributed by atoms with Crippen LogP contribution in [0.4, 0.5) is 0 Å². The lowest BCUT2D eigenvalue weighted by atomic mass is 9.47. The average molecular weight is 790 g/mol. The van der Waals surface area contributed by atoms with E-state index in [4.69, 9.17) is 23.4 Å². The van der Waals surface area contributed by atoms with Crippen LogP contribution in [-0.4, -0.2) is 121 Å². The molecular formula is C39H51NO12S2. The Labute approximate surface area is 321 Å². The summed E-state index contributed by atoms with van der Waals surface area (Å²) in [6.45, 7) is 2.02. The van der Waals surface area contributed by atoms with E-state index in [1.165, 1.54) is 23.1 Å². The normalized spacial score (nSPS) is 39.8. The van der Waals surface area contributed by atoms with Crippen LogP contribution >= 0.6 is 21.6 Å². The molecule has 10 atom stereocenters. The Hall–Kier alpha value is -2.31. The van der Waals surface area contributed by atoms with Gasteiger partial charge < -0.3 is 59.3 Å². The van der Waals surface area contributed by atoms with E-state index in [0.717, 1.165) is 32.1 Å². The molecule has 3 fully saturated rings. The molecular weight excluding hydrogens is 739 g/mol. The van der Waals surface area contributed by atoms with Gasteiger partial charge in [-0.3, -0.25) is 4.79 Å². The minimum atomic E-state index is -2.52. The second-order valence-corrected chi connectivity index (χ2v) is 18.6. The van der Waals surface area contributed by atoms with Crippen molar-refractivity contribution in [3.05, 3.63) is 48.3 Å². The number of carbonyl (C=O) groups is 1. The lowest BCUT2D eigenvalue weighted by Crippen LogP contribution is -2.90. The summed E-state index contributed by atoms with van der Waals surface area (Å²) in [5.74, 6) is -5.25. The van der Waals surface area contributed by atoms with Gasteiger partial charge in [0, 0.05) is 48.1 Å². The summed E-state index contributed by atoms with van der Waals surface area (Å²) < 4.78 is 31.6.